The molecular formula is C21H26NO5P. The minimum absolute atomic E-state index is 0.0922. The van der Waals surface area contributed by atoms with E-state index in [1.807, 2.05) is 0 Å². The van der Waals surface area contributed by atoms with Gasteiger partial charge in [0.05, 0.1) is 6.61 Å². The van der Waals surface area contributed by atoms with Gasteiger partial charge in [-0.05, 0) is 27.7 Å². The molecule has 28 heavy (non-hydrogen) atoms. The van der Waals surface area contributed by atoms with E-state index in [-0.39, 0.29) is 6.61 Å². The Kier molecular flexibility index (Phi) is 7.03. The predicted molar refractivity (Wildman–Crippen MR) is 110 cm³/mol. The molecule has 0 aliphatic carbocycles. The zero-order chi connectivity index (χ0) is 20.8. The molecule has 0 saturated carbocycles. The third-order valence-corrected chi connectivity index (χ3v) is 7.00. The molecule has 0 bridgehead atoms. The van der Waals surface area contributed by atoms with E-state index in [1.165, 1.54) is 0 Å². The molecule has 0 aromatic heterocycles. The number of ether oxygens (including phenoxy) is 2. The van der Waals surface area contributed by atoms with Crippen molar-refractivity contribution < 1.29 is 23.6 Å². The average Bonchev–Trinajstić information content (AvgIpc) is 2.65. The third-order valence-electron chi connectivity index (χ3n) is 3.81. The standard InChI is InChI=1S/C21H26NO5P/c1-5-26-19(23)18(22-20(24)27-21(2,3)4)28(25,16-12-8-6-9-13-16)17-14-10-7-11-15-17/h6-15,18H,5H2,1-4H3,(H,22,24). The summed E-state index contributed by atoms with van der Waals surface area (Å²) in [6, 6.07) is 17.2. The van der Waals surface area contributed by atoms with E-state index in [2.05, 4.69) is 5.32 Å². The van der Waals surface area contributed by atoms with Crippen LogP contribution in [0.5, 0.6) is 0 Å². The largest absolute Gasteiger partial charge is 0.464 e. The van der Waals surface area contributed by atoms with Gasteiger partial charge in [-0.25, -0.2) is 9.59 Å². The molecule has 0 aliphatic heterocycles. The van der Waals surface area contributed by atoms with Crippen LogP contribution in [0, 0.1) is 0 Å². The van der Waals surface area contributed by atoms with Crippen LogP contribution in [0.4, 0.5) is 4.79 Å². The van der Waals surface area contributed by atoms with Crippen LogP contribution in [-0.2, 0) is 18.8 Å². The zero-order valence-corrected chi connectivity index (χ0v) is 17.4. The van der Waals surface area contributed by atoms with E-state index >= 15 is 0 Å². The summed E-state index contributed by atoms with van der Waals surface area (Å²) in [6.07, 6.45) is -0.836. The summed E-state index contributed by atoms with van der Waals surface area (Å²) >= 11 is 0. The van der Waals surface area contributed by atoms with E-state index in [0.717, 1.165) is 0 Å². The molecule has 1 unspecified atom stereocenters. The first-order chi connectivity index (χ1) is 13.2. The van der Waals surface area contributed by atoms with Gasteiger partial charge in [-0.3, -0.25) is 0 Å². The lowest BCUT2D eigenvalue weighted by Gasteiger charge is -2.29. The second-order valence-corrected chi connectivity index (χ2v) is 10.00. The van der Waals surface area contributed by atoms with Crippen LogP contribution in [-0.4, -0.2) is 30.1 Å². The first kappa shape index (κ1) is 21.7. The van der Waals surface area contributed by atoms with E-state index in [4.69, 9.17) is 9.47 Å². The molecule has 2 rings (SSSR count). The molecule has 1 amide bonds. The van der Waals surface area contributed by atoms with Crippen LogP contribution in [0.15, 0.2) is 60.7 Å². The first-order valence-corrected chi connectivity index (χ1v) is 10.8. The Morgan fingerprint density at radius 1 is 0.964 bits per heavy atom. The highest BCUT2D eigenvalue weighted by Crippen LogP contribution is 2.48. The minimum atomic E-state index is -3.63. The van der Waals surface area contributed by atoms with E-state index in [0.29, 0.717) is 10.6 Å². The van der Waals surface area contributed by atoms with Gasteiger partial charge in [0.1, 0.15) is 5.60 Å². The summed E-state index contributed by atoms with van der Waals surface area (Å²) in [4.78, 5) is 25.2. The van der Waals surface area contributed by atoms with E-state index in [9.17, 15) is 14.2 Å². The maximum atomic E-state index is 14.4. The van der Waals surface area contributed by atoms with Crippen molar-refractivity contribution in [3.63, 3.8) is 0 Å². The molecule has 0 fully saturated rings. The summed E-state index contributed by atoms with van der Waals surface area (Å²) in [5, 5.41) is 3.38. The molecule has 0 aliphatic rings. The van der Waals surface area contributed by atoms with Gasteiger partial charge in [-0.1, -0.05) is 60.7 Å². The van der Waals surface area contributed by atoms with Gasteiger partial charge in [0.25, 0.3) is 0 Å². The molecule has 1 N–H and O–H groups in total. The molecule has 0 spiro atoms. The van der Waals surface area contributed by atoms with Gasteiger partial charge in [-0.15, -0.1) is 0 Å². The number of hydrogen-bond donors (Lipinski definition) is 1. The predicted octanol–water partition coefficient (Wildman–Crippen LogP) is 3.41. The van der Waals surface area contributed by atoms with Crippen LogP contribution < -0.4 is 15.9 Å². The van der Waals surface area contributed by atoms with Crippen LogP contribution >= 0.6 is 7.14 Å². The molecule has 0 radical (unpaired) electrons. The maximum Gasteiger partial charge on any atom is 0.408 e. The van der Waals surface area contributed by atoms with Gasteiger partial charge < -0.3 is 19.4 Å². The van der Waals surface area contributed by atoms with Crippen molar-refractivity contribution in [3.8, 4) is 0 Å². The van der Waals surface area contributed by atoms with Crippen LogP contribution in [0.1, 0.15) is 27.7 Å². The number of carbonyl (C=O) groups excluding carboxylic acids is 2. The number of amides is 1. The fourth-order valence-corrected chi connectivity index (χ4v) is 5.47. The Morgan fingerprint density at radius 2 is 1.43 bits per heavy atom. The summed E-state index contributed by atoms with van der Waals surface area (Å²) in [7, 11) is -3.63. The lowest BCUT2D eigenvalue weighted by molar-refractivity contribution is -0.143. The fourth-order valence-electron chi connectivity index (χ4n) is 2.68. The molecule has 0 saturated heterocycles. The van der Waals surface area contributed by atoms with Crippen molar-refractivity contribution in [2.75, 3.05) is 6.61 Å². The lowest BCUT2D eigenvalue weighted by atomic mass is 10.2. The Hall–Kier alpha value is -2.59. The molecule has 1 atom stereocenters. The highest BCUT2D eigenvalue weighted by molar-refractivity contribution is 7.80. The first-order valence-electron chi connectivity index (χ1n) is 9.05. The summed E-state index contributed by atoms with van der Waals surface area (Å²) in [5.41, 5.74) is -0.771. The van der Waals surface area contributed by atoms with Crippen molar-refractivity contribution in [3.05, 3.63) is 60.7 Å². The van der Waals surface area contributed by atoms with Gasteiger partial charge in [0.2, 0.25) is 0 Å². The quantitative estimate of drug-likeness (QED) is 0.590. The molecule has 7 heteroatoms. The molecule has 2 aromatic rings. The smallest absolute Gasteiger partial charge is 0.408 e. The number of nitrogens with one attached hydrogen (secondary N) is 1. The minimum Gasteiger partial charge on any atom is -0.464 e. The average molecular weight is 403 g/mol. The number of carbonyl (C=O) groups is 2. The Balaban J connectivity index is 2.57. The number of alkyl carbamates (subject to hydrolysis) is 1. The van der Waals surface area contributed by atoms with Crippen molar-refractivity contribution in [1.29, 1.82) is 0 Å². The zero-order valence-electron chi connectivity index (χ0n) is 16.5. The van der Waals surface area contributed by atoms with Crippen LogP contribution in [0.25, 0.3) is 0 Å². The van der Waals surface area contributed by atoms with Crippen molar-refractivity contribution >= 4 is 29.8 Å². The summed E-state index contributed by atoms with van der Waals surface area (Å²) < 4.78 is 24.8. The molecule has 0 heterocycles. The topological polar surface area (TPSA) is 81.7 Å². The van der Waals surface area contributed by atoms with Gasteiger partial charge in [0, 0.05) is 10.6 Å². The second kappa shape index (κ2) is 9.07. The highest BCUT2D eigenvalue weighted by atomic mass is 31.2. The molecule has 2 aromatic carbocycles. The van der Waals surface area contributed by atoms with Crippen LogP contribution in [0.2, 0.25) is 0 Å². The normalized spacial score (nSPS) is 12.7. The van der Waals surface area contributed by atoms with Crippen molar-refractivity contribution in [1.82, 2.24) is 5.32 Å². The fraction of sp³-hybridized carbons (Fsp3) is 0.333. The van der Waals surface area contributed by atoms with Gasteiger partial charge >= 0.3 is 12.1 Å². The summed E-state index contributed by atoms with van der Waals surface area (Å²) in [5.74, 6) is -2.18. The Morgan fingerprint density at radius 3 is 1.82 bits per heavy atom. The Labute approximate surface area is 165 Å². The molecular weight excluding hydrogens is 377 g/mol. The summed E-state index contributed by atoms with van der Waals surface area (Å²) in [6.45, 7) is 6.87. The van der Waals surface area contributed by atoms with Crippen molar-refractivity contribution in [2.24, 2.45) is 0 Å². The number of benzene rings is 2. The molecule has 6 nitrogen and oxygen atoms in total. The number of rotatable bonds is 6. The van der Waals surface area contributed by atoms with Gasteiger partial charge in [0.15, 0.2) is 12.9 Å². The van der Waals surface area contributed by atoms with Crippen LogP contribution in [0.3, 0.4) is 0 Å². The number of esters is 1. The number of hydrogen-bond acceptors (Lipinski definition) is 5. The highest BCUT2D eigenvalue weighted by Gasteiger charge is 2.44. The lowest BCUT2D eigenvalue weighted by Crippen LogP contribution is -2.47. The Bertz CT molecular complexity index is 803. The SMILES string of the molecule is CCOC(=O)C(NC(=O)OC(C)(C)C)P(=O)(c1ccccc1)c1ccccc1. The monoisotopic (exact) mass is 403 g/mol. The van der Waals surface area contributed by atoms with Gasteiger partial charge in [-0.2, -0.15) is 0 Å². The molecule has 150 valence electrons. The maximum absolute atomic E-state index is 14.4. The van der Waals surface area contributed by atoms with E-state index in [1.54, 1.807) is 88.4 Å². The van der Waals surface area contributed by atoms with Crippen molar-refractivity contribution in [2.45, 2.75) is 39.1 Å². The second-order valence-electron chi connectivity index (χ2n) is 7.13. The van der Waals surface area contributed by atoms with E-state index < -0.39 is 30.6 Å². The third kappa shape index (κ3) is 5.23.